The summed E-state index contributed by atoms with van der Waals surface area (Å²) in [7, 11) is 1.57. The summed E-state index contributed by atoms with van der Waals surface area (Å²) in [5, 5.41) is 13.9. The van der Waals surface area contributed by atoms with Crippen LogP contribution in [0.5, 0.6) is 11.5 Å². The Kier molecular flexibility index (Phi) is 4.03. The Morgan fingerprint density at radius 3 is 2.48 bits per heavy atom. The number of hydrogen-bond acceptors (Lipinski definition) is 5. The molecule has 1 amide bonds. The van der Waals surface area contributed by atoms with Crippen LogP contribution in [0.2, 0.25) is 0 Å². The molecule has 0 aliphatic heterocycles. The molecule has 0 saturated carbocycles. The Morgan fingerprint density at radius 2 is 1.86 bits per heavy atom. The van der Waals surface area contributed by atoms with Gasteiger partial charge in [-0.05, 0) is 24.3 Å². The third-order valence-electron chi connectivity index (χ3n) is 2.82. The molecule has 0 radical (unpaired) electrons. The summed E-state index contributed by atoms with van der Waals surface area (Å²) in [5.74, 6) is -0.472. The van der Waals surface area contributed by atoms with Crippen molar-refractivity contribution in [1.29, 1.82) is 0 Å². The fourth-order valence-corrected chi connectivity index (χ4v) is 1.87. The van der Waals surface area contributed by atoms with Crippen LogP contribution in [0.1, 0.15) is 10.4 Å². The average molecular weight is 287 g/mol. The molecule has 21 heavy (non-hydrogen) atoms. The number of ether oxygens (including phenoxy) is 1. The van der Waals surface area contributed by atoms with E-state index in [1.165, 1.54) is 18.2 Å². The lowest BCUT2D eigenvalue weighted by molar-refractivity contribution is -0.384. The van der Waals surface area contributed by atoms with E-state index >= 15 is 0 Å². The van der Waals surface area contributed by atoms with Gasteiger partial charge in [-0.15, -0.1) is 0 Å². The molecule has 2 aromatic carbocycles. The van der Waals surface area contributed by atoms with Gasteiger partial charge in [-0.3, -0.25) is 14.9 Å². The quantitative estimate of drug-likeness (QED) is 0.649. The summed E-state index contributed by atoms with van der Waals surface area (Å²) < 4.78 is 5.52. The molecule has 0 bridgehead atoms. The number of carbonyl (C=O) groups excluding carboxylic acids is 1. The zero-order chi connectivity index (χ0) is 15.4. The van der Waals surface area contributed by atoms with Crippen LogP contribution in [0.25, 0.3) is 0 Å². The van der Waals surface area contributed by atoms with E-state index in [4.69, 9.17) is 10.5 Å². The Bertz CT molecular complexity index is 700. The number of nitro benzene ring substituents is 1. The van der Waals surface area contributed by atoms with E-state index in [-0.39, 0.29) is 22.7 Å². The van der Waals surface area contributed by atoms with Gasteiger partial charge in [-0.25, -0.2) is 0 Å². The van der Waals surface area contributed by atoms with Gasteiger partial charge in [-0.1, -0.05) is 18.2 Å². The second-order valence-corrected chi connectivity index (χ2v) is 4.12. The average Bonchev–Trinajstić information content (AvgIpc) is 2.47. The van der Waals surface area contributed by atoms with Crippen LogP contribution >= 0.6 is 0 Å². The SMILES string of the molecule is CNc1cccc(Oc2ccccc2C(N)=O)c1[N+](=O)[O-]. The van der Waals surface area contributed by atoms with Gasteiger partial charge in [-0.2, -0.15) is 0 Å². The topological polar surface area (TPSA) is 107 Å². The number of para-hydroxylation sites is 2. The van der Waals surface area contributed by atoms with Gasteiger partial charge < -0.3 is 15.8 Å². The van der Waals surface area contributed by atoms with E-state index in [9.17, 15) is 14.9 Å². The van der Waals surface area contributed by atoms with Gasteiger partial charge in [0.2, 0.25) is 5.75 Å². The lowest BCUT2D eigenvalue weighted by Gasteiger charge is -2.11. The molecule has 3 N–H and O–H groups in total. The highest BCUT2D eigenvalue weighted by molar-refractivity contribution is 5.95. The molecule has 7 nitrogen and oxygen atoms in total. The van der Waals surface area contributed by atoms with E-state index in [1.807, 2.05) is 0 Å². The van der Waals surface area contributed by atoms with E-state index < -0.39 is 10.8 Å². The van der Waals surface area contributed by atoms with Gasteiger partial charge in [0.1, 0.15) is 11.4 Å². The van der Waals surface area contributed by atoms with Crippen molar-refractivity contribution in [2.24, 2.45) is 5.73 Å². The Morgan fingerprint density at radius 1 is 1.19 bits per heavy atom. The zero-order valence-corrected chi connectivity index (χ0v) is 11.2. The number of primary amides is 1. The minimum atomic E-state index is -0.668. The van der Waals surface area contributed by atoms with Crippen LogP contribution < -0.4 is 15.8 Å². The molecule has 0 aliphatic rings. The van der Waals surface area contributed by atoms with Gasteiger partial charge in [0, 0.05) is 7.05 Å². The van der Waals surface area contributed by atoms with E-state index in [0.717, 1.165) is 0 Å². The highest BCUT2D eigenvalue weighted by atomic mass is 16.6. The van der Waals surface area contributed by atoms with Crippen LogP contribution in [0.4, 0.5) is 11.4 Å². The smallest absolute Gasteiger partial charge is 0.334 e. The first-order valence-electron chi connectivity index (χ1n) is 6.06. The van der Waals surface area contributed by atoms with Crippen molar-refractivity contribution in [3.63, 3.8) is 0 Å². The van der Waals surface area contributed by atoms with Crippen molar-refractivity contribution in [2.75, 3.05) is 12.4 Å². The number of rotatable bonds is 5. The summed E-state index contributed by atoms with van der Waals surface area (Å²) in [5.41, 5.74) is 5.52. The highest BCUT2D eigenvalue weighted by Crippen LogP contribution is 2.37. The maximum Gasteiger partial charge on any atom is 0.334 e. The Balaban J connectivity index is 2.50. The van der Waals surface area contributed by atoms with Crippen molar-refractivity contribution in [2.45, 2.75) is 0 Å². The molecular formula is C14H13N3O4. The minimum Gasteiger partial charge on any atom is -0.449 e. The molecule has 0 aliphatic carbocycles. The molecule has 0 saturated heterocycles. The molecule has 0 spiro atoms. The monoisotopic (exact) mass is 287 g/mol. The minimum absolute atomic E-state index is 0.0283. The third-order valence-corrected chi connectivity index (χ3v) is 2.82. The van der Waals surface area contributed by atoms with Crippen molar-refractivity contribution in [3.05, 3.63) is 58.1 Å². The number of anilines is 1. The zero-order valence-electron chi connectivity index (χ0n) is 11.2. The second-order valence-electron chi connectivity index (χ2n) is 4.12. The molecule has 7 heteroatoms. The maximum absolute atomic E-state index is 11.3. The van der Waals surface area contributed by atoms with Crippen LogP contribution in [-0.2, 0) is 0 Å². The molecule has 2 rings (SSSR count). The maximum atomic E-state index is 11.3. The summed E-state index contributed by atoms with van der Waals surface area (Å²) in [6.07, 6.45) is 0. The second kappa shape index (κ2) is 5.91. The number of hydrogen-bond donors (Lipinski definition) is 2. The number of carbonyl (C=O) groups is 1. The first-order chi connectivity index (χ1) is 10.0. The van der Waals surface area contributed by atoms with Crippen molar-refractivity contribution in [3.8, 4) is 11.5 Å². The number of nitro groups is 1. The number of nitrogens with two attached hydrogens (primary N) is 1. The summed E-state index contributed by atoms with van der Waals surface area (Å²) in [6, 6.07) is 10.9. The van der Waals surface area contributed by atoms with Crippen LogP contribution in [0.3, 0.4) is 0 Å². The molecule has 0 fully saturated rings. The van der Waals surface area contributed by atoms with E-state index in [0.29, 0.717) is 5.69 Å². The fourth-order valence-electron chi connectivity index (χ4n) is 1.87. The van der Waals surface area contributed by atoms with Crippen LogP contribution in [0.15, 0.2) is 42.5 Å². The predicted octanol–water partition coefficient (Wildman–Crippen LogP) is 2.53. The van der Waals surface area contributed by atoms with Crippen LogP contribution in [-0.4, -0.2) is 17.9 Å². The van der Waals surface area contributed by atoms with Gasteiger partial charge in [0.05, 0.1) is 10.5 Å². The highest BCUT2D eigenvalue weighted by Gasteiger charge is 2.22. The van der Waals surface area contributed by atoms with E-state index in [1.54, 1.807) is 31.3 Å². The fraction of sp³-hybridized carbons (Fsp3) is 0.0714. The first-order valence-corrected chi connectivity index (χ1v) is 6.06. The molecule has 0 atom stereocenters. The van der Waals surface area contributed by atoms with Crippen molar-refractivity contribution >= 4 is 17.3 Å². The van der Waals surface area contributed by atoms with E-state index in [2.05, 4.69) is 5.32 Å². The van der Waals surface area contributed by atoms with Crippen molar-refractivity contribution in [1.82, 2.24) is 0 Å². The molecule has 2 aromatic rings. The molecule has 108 valence electrons. The van der Waals surface area contributed by atoms with Gasteiger partial charge >= 0.3 is 5.69 Å². The first kappa shape index (κ1) is 14.3. The third kappa shape index (κ3) is 2.92. The number of nitrogens with one attached hydrogen (secondary N) is 1. The standard InChI is InChI=1S/C14H13N3O4/c1-16-10-6-4-8-12(13(10)17(19)20)21-11-7-3-2-5-9(11)14(15)18/h2-8,16H,1H3,(H2,15,18). The summed E-state index contributed by atoms with van der Waals surface area (Å²) in [6.45, 7) is 0. The normalized spacial score (nSPS) is 9.95. The lowest BCUT2D eigenvalue weighted by Crippen LogP contribution is -2.12. The Hall–Kier alpha value is -3.09. The molecule has 0 aromatic heterocycles. The van der Waals surface area contributed by atoms with Gasteiger partial charge in [0.15, 0.2) is 0 Å². The van der Waals surface area contributed by atoms with Crippen molar-refractivity contribution < 1.29 is 14.5 Å². The molecule has 0 unspecified atom stereocenters. The summed E-state index contributed by atoms with van der Waals surface area (Å²) >= 11 is 0. The number of amides is 1. The number of nitrogens with zero attached hydrogens (tertiary/aromatic N) is 1. The van der Waals surface area contributed by atoms with Crippen LogP contribution in [0, 0.1) is 10.1 Å². The van der Waals surface area contributed by atoms with Gasteiger partial charge in [0.25, 0.3) is 5.91 Å². The lowest BCUT2D eigenvalue weighted by atomic mass is 10.2. The summed E-state index contributed by atoms with van der Waals surface area (Å²) in [4.78, 5) is 22.0. The molecule has 0 heterocycles. The molecular weight excluding hydrogens is 274 g/mol. The Labute approximate surface area is 120 Å². The largest absolute Gasteiger partial charge is 0.449 e. The number of benzene rings is 2. The predicted molar refractivity (Wildman–Crippen MR) is 77.7 cm³/mol.